The van der Waals surface area contributed by atoms with Crippen molar-refractivity contribution in [1.29, 1.82) is 0 Å². The van der Waals surface area contributed by atoms with Gasteiger partial charge in [-0.05, 0) is 35.4 Å². The summed E-state index contributed by atoms with van der Waals surface area (Å²) < 4.78 is 5.29. The second-order valence-electron chi connectivity index (χ2n) is 7.81. The molecule has 1 unspecified atom stereocenters. The predicted molar refractivity (Wildman–Crippen MR) is 123 cm³/mol. The molecule has 0 bridgehead atoms. The molecule has 0 saturated carbocycles. The van der Waals surface area contributed by atoms with Crippen LogP contribution in [0.2, 0.25) is 0 Å². The van der Waals surface area contributed by atoms with Gasteiger partial charge in [0.2, 0.25) is 0 Å². The lowest BCUT2D eigenvalue weighted by Gasteiger charge is -2.25. The molecule has 164 valence electrons. The summed E-state index contributed by atoms with van der Waals surface area (Å²) in [5.74, 6) is -0.962. The number of nitrogens with zero attached hydrogens (tertiary/aromatic N) is 2. The average molecular weight is 439 g/mol. The second-order valence-corrected chi connectivity index (χ2v) is 7.81. The first-order valence-corrected chi connectivity index (χ1v) is 10.5. The number of amides is 1. The van der Waals surface area contributed by atoms with Gasteiger partial charge in [0.1, 0.15) is 11.5 Å². The van der Waals surface area contributed by atoms with Crippen LogP contribution >= 0.6 is 0 Å². The minimum atomic E-state index is -0.779. The third-order valence-electron chi connectivity index (χ3n) is 5.87. The van der Waals surface area contributed by atoms with Gasteiger partial charge in [-0.15, -0.1) is 0 Å². The first kappa shape index (κ1) is 20.5. The molecule has 2 aromatic carbocycles. The van der Waals surface area contributed by atoms with Crippen molar-refractivity contribution in [3.63, 3.8) is 0 Å². The Labute approximate surface area is 190 Å². The topological polar surface area (TPSA) is 95.5 Å². The molecular formula is C26H21N3O4. The lowest BCUT2D eigenvalue weighted by molar-refractivity contribution is -0.140. The van der Waals surface area contributed by atoms with Crippen molar-refractivity contribution in [3.05, 3.63) is 102 Å². The zero-order valence-corrected chi connectivity index (χ0v) is 17.9. The van der Waals surface area contributed by atoms with Crippen molar-refractivity contribution in [3.8, 4) is 5.75 Å². The van der Waals surface area contributed by atoms with Crippen LogP contribution < -0.4 is 4.74 Å². The zero-order valence-electron chi connectivity index (χ0n) is 17.9. The van der Waals surface area contributed by atoms with Crippen LogP contribution in [0.1, 0.15) is 22.7 Å². The van der Waals surface area contributed by atoms with Crippen LogP contribution in [-0.4, -0.2) is 38.8 Å². The molecule has 2 N–H and O–H groups in total. The minimum Gasteiger partial charge on any atom is -0.507 e. The van der Waals surface area contributed by atoms with Gasteiger partial charge >= 0.3 is 0 Å². The number of aromatic amines is 1. The number of aliphatic hydroxyl groups excluding tert-OH is 1. The van der Waals surface area contributed by atoms with E-state index in [0.717, 1.165) is 16.5 Å². The van der Waals surface area contributed by atoms with Crippen LogP contribution in [0.25, 0.3) is 16.7 Å². The molecule has 1 saturated heterocycles. The molecule has 1 aliphatic heterocycles. The molecular weight excluding hydrogens is 418 g/mol. The van der Waals surface area contributed by atoms with E-state index in [9.17, 15) is 14.7 Å². The first-order chi connectivity index (χ1) is 16.1. The van der Waals surface area contributed by atoms with Crippen LogP contribution in [0.15, 0.2) is 84.8 Å². The van der Waals surface area contributed by atoms with Crippen molar-refractivity contribution in [1.82, 2.24) is 14.9 Å². The highest BCUT2D eigenvalue weighted by Gasteiger charge is 2.46. The number of methoxy groups -OCH3 is 1. The average Bonchev–Trinajstić information content (AvgIpc) is 3.39. The Morgan fingerprint density at radius 1 is 1.12 bits per heavy atom. The molecule has 2 aromatic heterocycles. The van der Waals surface area contributed by atoms with Crippen molar-refractivity contribution < 1.29 is 19.4 Å². The summed E-state index contributed by atoms with van der Waals surface area (Å²) in [7, 11) is 1.57. The monoisotopic (exact) mass is 439 g/mol. The number of carbonyl (C=O) groups excluding carboxylic acids is 2. The third kappa shape index (κ3) is 3.53. The molecule has 1 fully saturated rings. The summed E-state index contributed by atoms with van der Waals surface area (Å²) in [4.78, 5) is 35.1. The highest BCUT2D eigenvalue weighted by atomic mass is 16.5. The molecule has 33 heavy (non-hydrogen) atoms. The molecule has 0 radical (unpaired) electrons. The molecule has 0 aliphatic carbocycles. The van der Waals surface area contributed by atoms with Gasteiger partial charge in [-0.25, -0.2) is 0 Å². The summed E-state index contributed by atoms with van der Waals surface area (Å²) in [6.45, 7) is 0.173. The Hall–Kier alpha value is -4.39. The maximum Gasteiger partial charge on any atom is 0.295 e. The molecule has 1 aliphatic rings. The molecule has 1 atom stereocenters. The van der Waals surface area contributed by atoms with Gasteiger partial charge in [0.15, 0.2) is 0 Å². The number of aliphatic hydroxyl groups is 1. The number of hydrogen-bond donors (Lipinski definition) is 2. The van der Waals surface area contributed by atoms with Gasteiger partial charge in [-0.3, -0.25) is 14.6 Å². The Morgan fingerprint density at radius 3 is 2.76 bits per heavy atom. The number of ketones is 1. The van der Waals surface area contributed by atoms with E-state index >= 15 is 0 Å². The number of benzene rings is 2. The fraction of sp³-hybridized carbons (Fsp3) is 0.115. The van der Waals surface area contributed by atoms with E-state index in [-0.39, 0.29) is 17.9 Å². The van der Waals surface area contributed by atoms with Gasteiger partial charge in [0, 0.05) is 41.6 Å². The normalized spacial score (nSPS) is 17.6. The number of ether oxygens (including phenoxy) is 1. The van der Waals surface area contributed by atoms with Gasteiger partial charge in [-0.1, -0.05) is 36.4 Å². The van der Waals surface area contributed by atoms with E-state index in [1.54, 1.807) is 37.8 Å². The van der Waals surface area contributed by atoms with Crippen molar-refractivity contribution >= 4 is 28.4 Å². The summed E-state index contributed by atoms with van der Waals surface area (Å²) in [6, 6.07) is 17.6. The summed E-state index contributed by atoms with van der Waals surface area (Å²) in [6.07, 6.45) is 4.88. The number of likely N-dealkylation sites (tertiary alicyclic amines) is 1. The number of aromatic nitrogens is 2. The fourth-order valence-corrected chi connectivity index (χ4v) is 4.31. The standard InChI is InChI=1S/C26H21N3O4/c1-33-18-8-4-6-16(12-18)15-29-23(17-7-5-11-27-13-17)22(25(31)26(29)32)24(30)20-14-28-21-10-3-2-9-19(20)21/h2-14,23,28,30H,15H2,1H3/b24-22-. The fourth-order valence-electron chi connectivity index (χ4n) is 4.31. The Morgan fingerprint density at radius 2 is 1.97 bits per heavy atom. The number of fused-ring (bicyclic) bond motifs is 1. The van der Waals surface area contributed by atoms with Gasteiger partial charge < -0.3 is 19.7 Å². The van der Waals surface area contributed by atoms with Crippen LogP contribution in [0.4, 0.5) is 0 Å². The SMILES string of the molecule is COc1cccc(CN2C(=O)C(=O)/C(=C(\O)c3c[nH]c4ccccc34)C2c2cccnc2)c1. The van der Waals surface area contributed by atoms with E-state index in [0.29, 0.717) is 16.9 Å². The number of carbonyl (C=O) groups is 2. The molecule has 5 rings (SSSR count). The van der Waals surface area contributed by atoms with E-state index in [1.807, 2.05) is 48.5 Å². The largest absolute Gasteiger partial charge is 0.507 e. The van der Waals surface area contributed by atoms with E-state index in [2.05, 4.69) is 9.97 Å². The Bertz CT molecular complexity index is 1390. The van der Waals surface area contributed by atoms with Gasteiger partial charge in [0.25, 0.3) is 11.7 Å². The van der Waals surface area contributed by atoms with Crippen LogP contribution in [0.3, 0.4) is 0 Å². The second kappa shape index (κ2) is 8.27. The lowest BCUT2D eigenvalue weighted by Crippen LogP contribution is -2.29. The maximum atomic E-state index is 13.2. The number of nitrogens with one attached hydrogen (secondary N) is 1. The number of rotatable bonds is 5. The van der Waals surface area contributed by atoms with Gasteiger partial charge in [-0.2, -0.15) is 0 Å². The van der Waals surface area contributed by atoms with Crippen LogP contribution in [-0.2, 0) is 16.1 Å². The summed E-state index contributed by atoms with van der Waals surface area (Å²) >= 11 is 0. The summed E-state index contributed by atoms with van der Waals surface area (Å²) in [5, 5.41) is 12.1. The zero-order chi connectivity index (χ0) is 22.9. The molecule has 7 heteroatoms. The number of para-hydroxylation sites is 1. The number of hydrogen-bond acceptors (Lipinski definition) is 5. The van der Waals surface area contributed by atoms with E-state index in [1.165, 1.54) is 4.90 Å². The third-order valence-corrected chi connectivity index (χ3v) is 5.87. The number of H-pyrrole nitrogens is 1. The molecule has 7 nitrogen and oxygen atoms in total. The molecule has 4 aromatic rings. The smallest absolute Gasteiger partial charge is 0.295 e. The highest BCUT2D eigenvalue weighted by molar-refractivity contribution is 6.46. The highest BCUT2D eigenvalue weighted by Crippen LogP contribution is 2.41. The number of pyridine rings is 1. The molecule has 0 spiro atoms. The minimum absolute atomic E-state index is 0.0423. The summed E-state index contributed by atoms with van der Waals surface area (Å²) in [5.41, 5.74) is 2.78. The molecule has 1 amide bonds. The maximum absolute atomic E-state index is 13.2. The first-order valence-electron chi connectivity index (χ1n) is 10.5. The van der Waals surface area contributed by atoms with Gasteiger partial charge in [0.05, 0.1) is 18.7 Å². The lowest BCUT2D eigenvalue weighted by atomic mass is 9.96. The number of Topliss-reactive ketones (excluding diaryl/α,β-unsaturated/α-hetero) is 1. The van der Waals surface area contributed by atoms with E-state index < -0.39 is 17.7 Å². The van der Waals surface area contributed by atoms with Crippen LogP contribution in [0, 0.1) is 0 Å². The quantitative estimate of drug-likeness (QED) is 0.276. The molecule has 3 heterocycles. The van der Waals surface area contributed by atoms with E-state index in [4.69, 9.17) is 4.74 Å². The van der Waals surface area contributed by atoms with Crippen LogP contribution in [0.5, 0.6) is 5.75 Å². The Kier molecular flexibility index (Phi) is 5.14. The Balaban J connectivity index is 1.66. The predicted octanol–water partition coefficient (Wildman–Crippen LogP) is 4.19. The van der Waals surface area contributed by atoms with Crippen molar-refractivity contribution in [2.45, 2.75) is 12.6 Å². The van der Waals surface area contributed by atoms with Crippen molar-refractivity contribution in [2.75, 3.05) is 7.11 Å². The van der Waals surface area contributed by atoms with Crippen molar-refractivity contribution in [2.24, 2.45) is 0 Å².